The first-order valence-corrected chi connectivity index (χ1v) is 13.8. The van der Waals surface area contributed by atoms with Gasteiger partial charge >= 0.3 is 7.82 Å². The van der Waals surface area contributed by atoms with E-state index in [1.807, 2.05) is 0 Å². The van der Waals surface area contributed by atoms with Gasteiger partial charge in [0, 0.05) is 13.3 Å². The third-order valence-corrected chi connectivity index (χ3v) is 7.92. The van der Waals surface area contributed by atoms with E-state index in [0.717, 1.165) is 0 Å². The van der Waals surface area contributed by atoms with Gasteiger partial charge in [0.2, 0.25) is 5.95 Å². The van der Waals surface area contributed by atoms with Gasteiger partial charge in [-0.15, -0.1) is 0 Å². The van der Waals surface area contributed by atoms with Crippen LogP contribution in [0.25, 0.3) is 22.2 Å². The predicted molar refractivity (Wildman–Crippen MR) is 138 cm³/mol. The lowest BCUT2D eigenvalue weighted by Gasteiger charge is -2.23. The molecule has 2 aliphatic rings. The van der Waals surface area contributed by atoms with Gasteiger partial charge in [0.05, 0.1) is 18.3 Å². The highest BCUT2D eigenvalue weighted by atomic mass is 31.2. The number of methoxy groups -OCH3 is 1. The van der Waals surface area contributed by atoms with Crippen LogP contribution in [-0.4, -0.2) is 105 Å². The lowest BCUT2D eigenvalue weighted by Crippen LogP contribution is -2.36. The van der Waals surface area contributed by atoms with Crippen LogP contribution in [0.4, 0.5) is 11.8 Å². The molecule has 21 heteroatoms. The Morgan fingerprint density at radius 1 is 1.07 bits per heavy atom. The van der Waals surface area contributed by atoms with Crippen molar-refractivity contribution in [2.24, 2.45) is 0 Å². The highest BCUT2D eigenvalue weighted by Crippen LogP contribution is 2.49. The van der Waals surface area contributed by atoms with Gasteiger partial charge in [0.15, 0.2) is 42.0 Å². The first kappa shape index (κ1) is 28.6. The van der Waals surface area contributed by atoms with E-state index >= 15 is 0 Å². The lowest BCUT2D eigenvalue weighted by atomic mass is 10.1. The summed E-state index contributed by atoms with van der Waals surface area (Å²) in [6, 6.07) is 1.42. The number of aromatic nitrogens is 7. The van der Waals surface area contributed by atoms with Crippen LogP contribution in [0.1, 0.15) is 12.5 Å². The minimum absolute atomic E-state index is 0.0837. The quantitative estimate of drug-likeness (QED) is 0.103. The normalized spacial score (nSPS) is 31.3. The number of anilines is 2. The average molecular weight is 611 g/mol. The van der Waals surface area contributed by atoms with Crippen LogP contribution in [0.5, 0.6) is 0 Å². The Balaban J connectivity index is 1.14. The Labute approximate surface area is 234 Å². The monoisotopic (exact) mass is 611 g/mol. The molecule has 4 aromatic rings. The van der Waals surface area contributed by atoms with Crippen molar-refractivity contribution in [2.45, 2.75) is 49.3 Å². The zero-order chi connectivity index (χ0) is 29.9. The van der Waals surface area contributed by atoms with Gasteiger partial charge in [0.1, 0.15) is 36.3 Å². The summed E-state index contributed by atoms with van der Waals surface area (Å²) in [5.41, 5.74) is 11.5. The number of rotatable bonds is 8. The van der Waals surface area contributed by atoms with Crippen LogP contribution in [-0.2, 0) is 27.8 Å². The molecule has 226 valence electrons. The number of fused-ring (bicyclic) bond motifs is 2. The molecule has 0 saturated carbocycles. The second kappa shape index (κ2) is 10.6. The van der Waals surface area contributed by atoms with Crippen LogP contribution >= 0.6 is 7.82 Å². The van der Waals surface area contributed by atoms with Crippen LogP contribution in [0.15, 0.2) is 29.7 Å². The summed E-state index contributed by atoms with van der Waals surface area (Å²) >= 11 is 0. The largest absolute Gasteiger partial charge is 0.472 e. The fourth-order valence-electron chi connectivity index (χ4n) is 4.92. The number of ether oxygens (including phenoxy) is 3. The second-order valence-corrected chi connectivity index (χ2v) is 10.9. The Bertz CT molecular complexity index is 1730. The fraction of sp³-hybridized carbons (Fsp3) is 0.476. The third-order valence-electron chi connectivity index (χ3n) is 6.93. The molecule has 1 unspecified atom stereocenters. The summed E-state index contributed by atoms with van der Waals surface area (Å²) in [5, 5.41) is 32.3. The number of aliphatic hydroxyl groups excluding tert-OH is 3. The number of nitrogens with two attached hydrogens (primary N) is 2. The number of aliphatic hydroxyl groups is 3. The minimum atomic E-state index is -4.96. The average Bonchev–Trinajstić information content (AvgIpc) is 3.69. The van der Waals surface area contributed by atoms with Crippen molar-refractivity contribution in [3.8, 4) is 0 Å². The molecular formula is C21H26N9O11P. The van der Waals surface area contributed by atoms with Gasteiger partial charge < -0.3 is 50.5 Å². The van der Waals surface area contributed by atoms with Crippen LogP contribution < -0.4 is 17.0 Å². The highest BCUT2D eigenvalue weighted by Gasteiger charge is 2.51. The Kier molecular flexibility index (Phi) is 7.22. The summed E-state index contributed by atoms with van der Waals surface area (Å²) < 4.78 is 42.4. The molecule has 4 aromatic heterocycles. The van der Waals surface area contributed by atoms with Crippen molar-refractivity contribution in [3.05, 3.63) is 35.3 Å². The van der Waals surface area contributed by atoms with Crippen molar-refractivity contribution in [2.75, 3.05) is 25.2 Å². The molecule has 0 spiro atoms. The van der Waals surface area contributed by atoms with E-state index in [2.05, 4.69) is 24.9 Å². The number of phosphoric ester groups is 1. The van der Waals surface area contributed by atoms with Crippen molar-refractivity contribution < 1.29 is 48.0 Å². The van der Waals surface area contributed by atoms with Crippen LogP contribution in [0.2, 0.25) is 0 Å². The maximum absolute atomic E-state index is 12.9. The molecule has 9 atom stereocenters. The van der Waals surface area contributed by atoms with E-state index in [1.54, 1.807) is 0 Å². The first-order valence-electron chi connectivity index (χ1n) is 12.3. The van der Waals surface area contributed by atoms with E-state index in [9.17, 15) is 29.6 Å². The molecule has 0 aromatic carbocycles. The number of nitrogens with one attached hydrogen (secondary N) is 1. The van der Waals surface area contributed by atoms with Crippen molar-refractivity contribution in [1.29, 1.82) is 0 Å². The number of aromatic amines is 1. The summed E-state index contributed by atoms with van der Waals surface area (Å²) in [5.74, 6) is -0.0784. The van der Waals surface area contributed by atoms with Crippen molar-refractivity contribution in [3.63, 3.8) is 0 Å². The molecule has 6 rings (SSSR count). The molecule has 2 aliphatic heterocycles. The standard InChI is InChI=1S/C21H26N9O11P/c1-37-20-13(12(33)19(40-20)30-6-26-9-14(22)24-5-25-16(9)30)41-42(35,36)38-4-8-10(31)11(32)18(39-8)29-3-2-7-15(29)27-21(23)28-17(7)34/h2-3,5-6,8,10-13,18-20,31-33H,4H2,1H3,(H,35,36)(H2,22,24,25)(H3,23,27,28,34)/t8-,10+,11+,12+,13-,18-,19-,20+/m1/s1. The molecule has 0 bridgehead atoms. The Morgan fingerprint density at radius 3 is 2.60 bits per heavy atom. The predicted octanol–water partition coefficient (Wildman–Crippen LogP) is -2.29. The fourth-order valence-corrected chi connectivity index (χ4v) is 5.85. The molecule has 2 saturated heterocycles. The third kappa shape index (κ3) is 4.82. The van der Waals surface area contributed by atoms with E-state index in [4.69, 9.17) is 34.7 Å². The molecule has 20 nitrogen and oxygen atoms in total. The van der Waals surface area contributed by atoms with E-state index < -0.39 is 69.3 Å². The molecule has 9 N–H and O–H groups in total. The smallest absolute Gasteiger partial charge is 0.387 e. The van der Waals surface area contributed by atoms with E-state index in [1.165, 1.54) is 41.2 Å². The zero-order valence-electron chi connectivity index (χ0n) is 21.6. The summed E-state index contributed by atoms with van der Waals surface area (Å²) in [6.45, 7) is -0.717. The van der Waals surface area contributed by atoms with Gasteiger partial charge in [-0.1, -0.05) is 0 Å². The van der Waals surface area contributed by atoms with Gasteiger partial charge in [-0.25, -0.2) is 19.5 Å². The zero-order valence-corrected chi connectivity index (χ0v) is 22.5. The maximum Gasteiger partial charge on any atom is 0.472 e. The minimum Gasteiger partial charge on any atom is -0.387 e. The van der Waals surface area contributed by atoms with Gasteiger partial charge in [-0.2, -0.15) is 4.98 Å². The number of phosphoric acid groups is 1. The number of H-pyrrole nitrogens is 1. The highest BCUT2D eigenvalue weighted by molar-refractivity contribution is 7.47. The topological polar surface area (TPSA) is 290 Å². The second-order valence-electron chi connectivity index (χ2n) is 9.50. The molecule has 42 heavy (non-hydrogen) atoms. The Morgan fingerprint density at radius 2 is 1.83 bits per heavy atom. The van der Waals surface area contributed by atoms with E-state index in [0.29, 0.717) is 0 Å². The number of hydrogen-bond acceptors (Lipinski definition) is 16. The first-order chi connectivity index (χ1) is 20.0. The van der Waals surface area contributed by atoms with Crippen molar-refractivity contribution in [1.82, 2.24) is 34.1 Å². The lowest BCUT2D eigenvalue weighted by molar-refractivity contribution is -0.159. The summed E-state index contributed by atoms with van der Waals surface area (Å²) in [6.07, 6.45) is -7.41. The van der Waals surface area contributed by atoms with Gasteiger partial charge in [-0.3, -0.25) is 23.4 Å². The molecular weight excluding hydrogens is 585 g/mol. The molecule has 0 radical (unpaired) electrons. The Hall–Kier alpha value is -3.56. The maximum atomic E-state index is 12.9. The summed E-state index contributed by atoms with van der Waals surface area (Å²) in [7, 11) is -3.73. The number of hydrogen-bond donors (Lipinski definition) is 7. The van der Waals surface area contributed by atoms with Gasteiger partial charge in [0.25, 0.3) is 5.56 Å². The van der Waals surface area contributed by atoms with Crippen molar-refractivity contribution >= 4 is 41.8 Å². The number of imidazole rings is 1. The number of nitrogens with zero attached hydrogens (tertiary/aromatic N) is 6. The molecule has 2 fully saturated rings. The SMILES string of the molecule is CO[C@H]1O[C@@H](n2cnc3c(N)ncnc32)[C@@H](O)[C@H]1OP(=O)(O)OC[C@H]1O[C@@H](n2ccc3c(=O)[nH]c(N)nc32)[C@@H](O)[C@H]1O. The van der Waals surface area contributed by atoms with Crippen LogP contribution in [0, 0.1) is 0 Å². The van der Waals surface area contributed by atoms with E-state index in [-0.39, 0.29) is 34.0 Å². The molecule has 6 heterocycles. The molecule has 0 aliphatic carbocycles. The summed E-state index contributed by atoms with van der Waals surface area (Å²) in [4.78, 5) is 41.0. The molecule has 0 amide bonds. The van der Waals surface area contributed by atoms with Crippen LogP contribution in [0.3, 0.4) is 0 Å². The van der Waals surface area contributed by atoms with Gasteiger partial charge in [-0.05, 0) is 6.07 Å². The number of nitrogen functional groups attached to an aromatic ring is 2.